The second kappa shape index (κ2) is 8.10. The zero-order chi connectivity index (χ0) is 17.4. The van der Waals surface area contributed by atoms with Crippen molar-refractivity contribution in [1.29, 1.82) is 5.26 Å². The SMILES string of the molecule is N#CCc1ccc(NC(=O)C(=O)N/N=C/c2ccccc2O)cc1. The Morgan fingerprint density at radius 3 is 2.50 bits per heavy atom. The molecule has 2 rings (SSSR count). The van der Waals surface area contributed by atoms with Gasteiger partial charge >= 0.3 is 11.8 Å². The van der Waals surface area contributed by atoms with E-state index in [0.717, 1.165) is 5.56 Å². The van der Waals surface area contributed by atoms with Crippen molar-refractivity contribution in [2.45, 2.75) is 6.42 Å². The number of rotatable bonds is 4. The van der Waals surface area contributed by atoms with Crippen molar-refractivity contribution in [2.24, 2.45) is 5.10 Å². The third-order valence-electron chi connectivity index (χ3n) is 3.01. The molecule has 7 heteroatoms. The summed E-state index contributed by atoms with van der Waals surface area (Å²) in [5.74, 6) is -1.81. The number of carbonyl (C=O) groups excluding carboxylic acids is 2. The van der Waals surface area contributed by atoms with Crippen molar-refractivity contribution in [3.8, 4) is 11.8 Å². The number of phenolic OH excluding ortho intramolecular Hbond substituents is 1. The van der Waals surface area contributed by atoms with Gasteiger partial charge in [-0.2, -0.15) is 10.4 Å². The fraction of sp³-hybridized carbons (Fsp3) is 0.0588. The minimum absolute atomic E-state index is 0.0115. The van der Waals surface area contributed by atoms with Crippen LogP contribution in [-0.2, 0) is 16.0 Å². The van der Waals surface area contributed by atoms with Crippen molar-refractivity contribution in [3.63, 3.8) is 0 Å². The van der Waals surface area contributed by atoms with Gasteiger partial charge in [0.1, 0.15) is 5.75 Å². The summed E-state index contributed by atoms with van der Waals surface area (Å²) in [5.41, 5.74) is 3.73. The van der Waals surface area contributed by atoms with Crippen LogP contribution in [0.25, 0.3) is 0 Å². The fourth-order valence-corrected chi connectivity index (χ4v) is 1.79. The van der Waals surface area contributed by atoms with Crippen molar-refractivity contribution in [2.75, 3.05) is 5.32 Å². The first-order valence-corrected chi connectivity index (χ1v) is 6.98. The maximum atomic E-state index is 11.7. The first-order valence-electron chi connectivity index (χ1n) is 6.98. The minimum atomic E-state index is -0.942. The zero-order valence-corrected chi connectivity index (χ0v) is 12.6. The van der Waals surface area contributed by atoms with E-state index in [9.17, 15) is 14.7 Å². The van der Waals surface area contributed by atoms with Gasteiger partial charge in [0, 0.05) is 11.3 Å². The van der Waals surface area contributed by atoms with Crippen LogP contribution in [0, 0.1) is 11.3 Å². The lowest BCUT2D eigenvalue weighted by Crippen LogP contribution is -2.32. The molecule has 0 atom stereocenters. The number of hydrogen-bond acceptors (Lipinski definition) is 5. The van der Waals surface area contributed by atoms with E-state index in [1.165, 1.54) is 12.3 Å². The van der Waals surface area contributed by atoms with E-state index in [1.54, 1.807) is 42.5 Å². The van der Waals surface area contributed by atoms with Gasteiger partial charge in [-0.25, -0.2) is 5.43 Å². The number of aromatic hydroxyl groups is 1. The smallest absolute Gasteiger partial charge is 0.329 e. The highest BCUT2D eigenvalue weighted by Crippen LogP contribution is 2.12. The Morgan fingerprint density at radius 1 is 1.12 bits per heavy atom. The molecular weight excluding hydrogens is 308 g/mol. The number of nitriles is 1. The van der Waals surface area contributed by atoms with Crippen molar-refractivity contribution in [1.82, 2.24) is 5.43 Å². The van der Waals surface area contributed by atoms with E-state index in [-0.39, 0.29) is 12.2 Å². The third kappa shape index (κ3) is 4.68. The van der Waals surface area contributed by atoms with Gasteiger partial charge in [-0.1, -0.05) is 24.3 Å². The lowest BCUT2D eigenvalue weighted by molar-refractivity contribution is -0.136. The second-order valence-corrected chi connectivity index (χ2v) is 4.74. The van der Waals surface area contributed by atoms with Gasteiger partial charge in [0.05, 0.1) is 18.7 Å². The second-order valence-electron chi connectivity index (χ2n) is 4.74. The van der Waals surface area contributed by atoms with Gasteiger partial charge in [0.15, 0.2) is 0 Å². The first-order chi connectivity index (χ1) is 11.6. The van der Waals surface area contributed by atoms with E-state index in [2.05, 4.69) is 15.8 Å². The van der Waals surface area contributed by atoms with Crippen LogP contribution in [0.15, 0.2) is 53.6 Å². The topological polar surface area (TPSA) is 115 Å². The molecule has 7 nitrogen and oxygen atoms in total. The summed E-state index contributed by atoms with van der Waals surface area (Å²) < 4.78 is 0. The normalized spacial score (nSPS) is 10.1. The summed E-state index contributed by atoms with van der Waals surface area (Å²) in [6.07, 6.45) is 1.51. The molecule has 2 aromatic rings. The number of amides is 2. The number of anilines is 1. The summed E-state index contributed by atoms with van der Waals surface area (Å²) in [7, 11) is 0. The predicted octanol–water partition coefficient (Wildman–Crippen LogP) is 1.55. The molecule has 0 aromatic heterocycles. The molecule has 0 heterocycles. The van der Waals surface area contributed by atoms with E-state index >= 15 is 0 Å². The van der Waals surface area contributed by atoms with Gasteiger partial charge in [-0.05, 0) is 29.8 Å². The number of phenols is 1. The molecule has 0 bridgehead atoms. The molecular formula is C17H14N4O3. The maximum Gasteiger partial charge on any atom is 0.329 e. The van der Waals surface area contributed by atoms with E-state index in [4.69, 9.17) is 5.26 Å². The molecule has 3 N–H and O–H groups in total. The van der Waals surface area contributed by atoms with Crippen LogP contribution in [0.5, 0.6) is 5.75 Å². The molecule has 0 aliphatic carbocycles. The van der Waals surface area contributed by atoms with Crippen LogP contribution in [-0.4, -0.2) is 23.1 Å². The molecule has 2 amide bonds. The number of nitrogens with zero attached hydrogens (tertiary/aromatic N) is 2. The number of nitrogens with one attached hydrogen (secondary N) is 2. The molecule has 0 unspecified atom stereocenters. The van der Waals surface area contributed by atoms with Crippen LogP contribution in [0.1, 0.15) is 11.1 Å². The highest BCUT2D eigenvalue weighted by Gasteiger charge is 2.12. The Labute approximate surface area is 138 Å². The van der Waals surface area contributed by atoms with Gasteiger partial charge < -0.3 is 10.4 Å². The molecule has 0 radical (unpaired) electrons. The van der Waals surface area contributed by atoms with Gasteiger partial charge in [0.25, 0.3) is 0 Å². The van der Waals surface area contributed by atoms with Crippen LogP contribution in [0.4, 0.5) is 5.69 Å². The summed E-state index contributed by atoms with van der Waals surface area (Å²) >= 11 is 0. The van der Waals surface area contributed by atoms with Crippen LogP contribution < -0.4 is 10.7 Å². The van der Waals surface area contributed by atoms with Crippen molar-refractivity contribution < 1.29 is 14.7 Å². The molecule has 120 valence electrons. The number of carbonyl (C=O) groups is 2. The summed E-state index contributed by atoms with van der Waals surface area (Å²) in [5, 5.41) is 24.2. The summed E-state index contributed by atoms with van der Waals surface area (Å²) in [6, 6.07) is 15.0. The molecule has 0 spiro atoms. The predicted molar refractivity (Wildman–Crippen MR) is 88.2 cm³/mol. The lowest BCUT2D eigenvalue weighted by atomic mass is 10.1. The quantitative estimate of drug-likeness (QED) is 0.450. The van der Waals surface area contributed by atoms with E-state index in [1.807, 2.05) is 6.07 Å². The average Bonchev–Trinajstić information content (AvgIpc) is 2.58. The standard InChI is InChI=1S/C17H14N4O3/c18-10-9-12-5-7-14(8-6-12)20-16(23)17(24)21-19-11-13-3-1-2-4-15(13)22/h1-8,11,22H,9H2,(H,20,23)(H,21,24)/b19-11+. The third-order valence-corrected chi connectivity index (χ3v) is 3.01. The van der Waals surface area contributed by atoms with E-state index in [0.29, 0.717) is 11.3 Å². The van der Waals surface area contributed by atoms with Gasteiger partial charge in [-0.3, -0.25) is 9.59 Å². The van der Waals surface area contributed by atoms with Crippen LogP contribution in [0.2, 0.25) is 0 Å². The number of benzene rings is 2. The Kier molecular flexibility index (Phi) is 5.64. The van der Waals surface area contributed by atoms with Crippen molar-refractivity contribution >= 4 is 23.7 Å². The number of hydrogen-bond donors (Lipinski definition) is 3. The maximum absolute atomic E-state index is 11.7. The minimum Gasteiger partial charge on any atom is -0.507 e. The molecule has 0 fully saturated rings. The number of hydrazone groups is 1. The lowest BCUT2D eigenvalue weighted by Gasteiger charge is -2.04. The molecule has 0 saturated carbocycles. The van der Waals surface area contributed by atoms with Crippen molar-refractivity contribution in [3.05, 3.63) is 59.7 Å². The summed E-state index contributed by atoms with van der Waals surface area (Å²) in [4.78, 5) is 23.4. The van der Waals surface area contributed by atoms with E-state index < -0.39 is 11.8 Å². The average molecular weight is 322 g/mol. The van der Waals surface area contributed by atoms with Gasteiger partial charge in [-0.15, -0.1) is 0 Å². The Hall–Kier alpha value is -3.66. The van der Waals surface area contributed by atoms with Crippen LogP contribution >= 0.6 is 0 Å². The van der Waals surface area contributed by atoms with Gasteiger partial charge in [0.2, 0.25) is 0 Å². The Bertz CT molecular complexity index is 807. The molecule has 0 saturated heterocycles. The Morgan fingerprint density at radius 2 is 1.83 bits per heavy atom. The highest BCUT2D eigenvalue weighted by molar-refractivity contribution is 6.39. The molecule has 2 aromatic carbocycles. The fourth-order valence-electron chi connectivity index (χ4n) is 1.79. The first kappa shape index (κ1) is 16.7. The summed E-state index contributed by atoms with van der Waals surface area (Å²) in [6.45, 7) is 0. The Balaban J connectivity index is 1.89. The molecule has 0 aliphatic heterocycles. The van der Waals surface area contributed by atoms with Crippen LogP contribution in [0.3, 0.4) is 0 Å². The largest absolute Gasteiger partial charge is 0.507 e. The zero-order valence-electron chi connectivity index (χ0n) is 12.6. The highest BCUT2D eigenvalue weighted by atomic mass is 16.3. The monoisotopic (exact) mass is 322 g/mol. The number of para-hydroxylation sites is 1. The molecule has 24 heavy (non-hydrogen) atoms. The molecule has 0 aliphatic rings.